The Balaban J connectivity index is 2.28. The fourth-order valence-electron chi connectivity index (χ4n) is 1.77. The van der Waals surface area contributed by atoms with E-state index in [0.717, 1.165) is 13.0 Å². The Morgan fingerprint density at radius 3 is 2.73 bits per heavy atom. The second kappa shape index (κ2) is 4.07. The molecule has 2 heteroatoms. The van der Waals surface area contributed by atoms with Crippen molar-refractivity contribution in [3.05, 3.63) is 0 Å². The van der Waals surface area contributed by atoms with Crippen LogP contribution in [-0.2, 0) is 0 Å². The summed E-state index contributed by atoms with van der Waals surface area (Å²) in [4.78, 5) is 0. The van der Waals surface area contributed by atoms with Crippen LogP contribution in [0.25, 0.3) is 0 Å². The molecular formula is C9H19NO. The van der Waals surface area contributed by atoms with Gasteiger partial charge in [-0.05, 0) is 31.7 Å². The maximum Gasteiger partial charge on any atom is 0.0580 e. The Labute approximate surface area is 69.0 Å². The van der Waals surface area contributed by atoms with Crippen molar-refractivity contribution in [1.29, 1.82) is 0 Å². The van der Waals surface area contributed by atoms with Gasteiger partial charge in [-0.15, -0.1) is 0 Å². The Morgan fingerprint density at radius 1 is 1.45 bits per heavy atom. The first-order chi connectivity index (χ1) is 5.24. The molecule has 0 bridgehead atoms. The third-order valence-electron chi connectivity index (χ3n) is 2.65. The average molecular weight is 157 g/mol. The van der Waals surface area contributed by atoms with Crippen LogP contribution >= 0.6 is 0 Å². The van der Waals surface area contributed by atoms with E-state index in [-0.39, 0.29) is 6.10 Å². The van der Waals surface area contributed by atoms with Crippen LogP contribution in [0.5, 0.6) is 0 Å². The quantitative estimate of drug-likeness (QED) is 0.630. The van der Waals surface area contributed by atoms with Crippen molar-refractivity contribution >= 4 is 0 Å². The summed E-state index contributed by atoms with van der Waals surface area (Å²) < 4.78 is 0. The predicted molar refractivity (Wildman–Crippen MR) is 46.5 cm³/mol. The highest BCUT2D eigenvalue weighted by atomic mass is 16.3. The van der Waals surface area contributed by atoms with Gasteiger partial charge < -0.3 is 10.4 Å². The van der Waals surface area contributed by atoms with Gasteiger partial charge in [0, 0.05) is 6.04 Å². The van der Waals surface area contributed by atoms with Crippen LogP contribution in [0.1, 0.15) is 33.1 Å². The molecule has 11 heavy (non-hydrogen) atoms. The second-order valence-electron chi connectivity index (χ2n) is 3.61. The van der Waals surface area contributed by atoms with Crippen LogP contribution in [0.3, 0.4) is 0 Å². The van der Waals surface area contributed by atoms with Gasteiger partial charge in [0.15, 0.2) is 0 Å². The molecule has 1 aliphatic rings. The van der Waals surface area contributed by atoms with Gasteiger partial charge in [-0.3, -0.25) is 0 Å². The Bertz CT molecular complexity index is 116. The molecule has 2 nitrogen and oxygen atoms in total. The lowest BCUT2D eigenvalue weighted by molar-refractivity contribution is 0.0639. The normalized spacial score (nSPS) is 39.0. The maximum absolute atomic E-state index is 9.53. The molecule has 0 saturated heterocycles. The number of hydrogen-bond donors (Lipinski definition) is 2. The highest BCUT2D eigenvalue weighted by Crippen LogP contribution is 2.23. The maximum atomic E-state index is 9.53. The Hall–Kier alpha value is -0.0800. The fraction of sp³-hybridized carbons (Fsp3) is 1.00. The largest absolute Gasteiger partial charge is 0.393 e. The minimum atomic E-state index is -0.0761. The standard InChI is InChI=1S/C9H19NO/c1-3-10-8-5-4-7(2)9(11)6-8/h7-11H,3-6H2,1-2H3. The average Bonchev–Trinajstić information content (AvgIpc) is 1.98. The molecule has 66 valence electrons. The van der Waals surface area contributed by atoms with Crippen LogP contribution < -0.4 is 5.32 Å². The molecule has 3 atom stereocenters. The summed E-state index contributed by atoms with van der Waals surface area (Å²) in [6, 6.07) is 0.561. The molecule has 0 amide bonds. The summed E-state index contributed by atoms with van der Waals surface area (Å²) in [6.07, 6.45) is 3.26. The smallest absolute Gasteiger partial charge is 0.0580 e. The van der Waals surface area contributed by atoms with Crippen molar-refractivity contribution in [2.75, 3.05) is 6.54 Å². The van der Waals surface area contributed by atoms with Crippen LogP contribution in [0, 0.1) is 5.92 Å². The number of aliphatic hydroxyl groups excluding tert-OH is 1. The van der Waals surface area contributed by atoms with Crippen LogP contribution in [-0.4, -0.2) is 23.8 Å². The zero-order valence-corrected chi connectivity index (χ0v) is 7.51. The van der Waals surface area contributed by atoms with Gasteiger partial charge in [0.1, 0.15) is 0 Å². The van der Waals surface area contributed by atoms with Gasteiger partial charge >= 0.3 is 0 Å². The third-order valence-corrected chi connectivity index (χ3v) is 2.65. The first-order valence-corrected chi connectivity index (χ1v) is 4.65. The summed E-state index contributed by atoms with van der Waals surface area (Å²) in [5, 5.41) is 12.9. The van der Waals surface area contributed by atoms with E-state index in [1.165, 1.54) is 12.8 Å². The highest BCUT2D eigenvalue weighted by Gasteiger charge is 2.24. The summed E-state index contributed by atoms with van der Waals surface area (Å²) in [6.45, 7) is 5.27. The summed E-state index contributed by atoms with van der Waals surface area (Å²) in [7, 11) is 0. The van der Waals surface area contributed by atoms with Gasteiger partial charge in [-0.1, -0.05) is 13.8 Å². The first-order valence-electron chi connectivity index (χ1n) is 4.65. The molecule has 0 radical (unpaired) electrons. The molecule has 3 unspecified atom stereocenters. The molecule has 1 saturated carbocycles. The lowest BCUT2D eigenvalue weighted by Gasteiger charge is -2.31. The molecule has 1 aliphatic carbocycles. The van der Waals surface area contributed by atoms with E-state index in [2.05, 4.69) is 19.2 Å². The number of rotatable bonds is 2. The monoisotopic (exact) mass is 157 g/mol. The minimum absolute atomic E-state index is 0.0761. The third kappa shape index (κ3) is 2.46. The van der Waals surface area contributed by atoms with Crippen molar-refractivity contribution in [1.82, 2.24) is 5.32 Å². The van der Waals surface area contributed by atoms with E-state index >= 15 is 0 Å². The summed E-state index contributed by atoms with van der Waals surface area (Å²) in [5.41, 5.74) is 0. The van der Waals surface area contributed by atoms with E-state index in [0.29, 0.717) is 12.0 Å². The molecule has 0 aliphatic heterocycles. The van der Waals surface area contributed by atoms with Crippen molar-refractivity contribution in [2.24, 2.45) is 5.92 Å². The molecule has 1 fully saturated rings. The number of aliphatic hydroxyl groups is 1. The molecule has 0 spiro atoms. The minimum Gasteiger partial charge on any atom is -0.393 e. The summed E-state index contributed by atoms with van der Waals surface area (Å²) >= 11 is 0. The van der Waals surface area contributed by atoms with Crippen molar-refractivity contribution in [2.45, 2.75) is 45.3 Å². The molecule has 1 rings (SSSR count). The van der Waals surface area contributed by atoms with E-state index in [1.54, 1.807) is 0 Å². The zero-order chi connectivity index (χ0) is 8.27. The molecular weight excluding hydrogens is 138 g/mol. The highest BCUT2D eigenvalue weighted by molar-refractivity contribution is 4.80. The van der Waals surface area contributed by atoms with Gasteiger partial charge in [-0.25, -0.2) is 0 Å². The number of nitrogens with one attached hydrogen (secondary N) is 1. The topological polar surface area (TPSA) is 32.3 Å². The second-order valence-corrected chi connectivity index (χ2v) is 3.61. The van der Waals surface area contributed by atoms with E-state index < -0.39 is 0 Å². The van der Waals surface area contributed by atoms with Crippen LogP contribution in [0.2, 0.25) is 0 Å². The van der Waals surface area contributed by atoms with Gasteiger partial charge in [-0.2, -0.15) is 0 Å². The lowest BCUT2D eigenvalue weighted by atomic mass is 9.85. The van der Waals surface area contributed by atoms with Crippen molar-refractivity contribution in [3.8, 4) is 0 Å². The van der Waals surface area contributed by atoms with E-state index in [9.17, 15) is 5.11 Å². The predicted octanol–water partition coefficient (Wildman–Crippen LogP) is 1.15. The van der Waals surface area contributed by atoms with Crippen LogP contribution in [0.15, 0.2) is 0 Å². The van der Waals surface area contributed by atoms with Gasteiger partial charge in [0.05, 0.1) is 6.10 Å². The van der Waals surface area contributed by atoms with Crippen molar-refractivity contribution < 1.29 is 5.11 Å². The fourth-order valence-corrected chi connectivity index (χ4v) is 1.77. The molecule has 0 aromatic carbocycles. The molecule has 0 aromatic heterocycles. The first kappa shape index (κ1) is 9.01. The van der Waals surface area contributed by atoms with Gasteiger partial charge in [0.25, 0.3) is 0 Å². The SMILES string of the molecule is CCNC1CCC(C)C(O)C1. The zero-order valence-electron chi connectivity index (χ0n) is 7.51. The van der Waals surface area contributed by atoms with Gasteiger partial charge in [0.2, 0.25) is 0 Å². The molecule has 2 N–H and O–H groups in total. The molecule has 0 aromatic rings. The van der Waals surface area contributed by atoms with Crippen molar-refractivity contribution in [3.63, 3.8) is 0 Å². The summed E-state index contributed by atoms with van der Waals surface area (Å²) in [5.74, 6) is 0.505. The Morgan fingerprint density at radius 2 is 2.18 bits per heavy atom. The van der Waals surface area contributed by atoms with E-state index in [4.69, 9.17) is 0 Å². The van der Waals surface area contributed by atoms with Crippen LogP contribution in [0.4, 0.5) is 0 Å². The van der Waals surface area contributed by atoms with E-state index in [1.807, 2.05) is 0 Å². The lowest BCUT2D eigenvalue weighted by Crippen LogP contribution is -2.39. The Kier molecular flexibility index (Phi) is 3.34. The molecule has 0 heterocycles. The number of hydrogen-bond acceptors (Lipinski definition) is 2.